The van der Waals surface area contributed by atoms with Crippen LogP contribution in [-0.4, -0.2) is 0 Å². The lowest BCUT2D eigenvalue weighted by atomic mass is 9.68. The number of para-hydroxylation sites is 1. The summed E-state index contributed by atoms with van der Waals surface area (Å²) in [7, 11) is 0. The van der Waals surface area contributed by atoms with Gasteiger partial charge in [0.25, 0.3) is 0 Å². The second-order valence-electron chi connectivity index (χ2n) is 18.0. The number of benzene rings is 10. The Morgan fingerprint density at radius 3 is 1.75 bits per heavy atom. The third-order valence-electron chi connectivity index (χ3n) is 14.4. The lowest BCUT2D eigenvalue weighted by Gasteiger charge is -2.33. The van der Waals surface area contributed by atoms with Crippen molar-refractivity contribution in [3.8, 4) is 44.5 Å². The first-order valence-electron chi connectivity index (χ1n) is 22.3. The van der Waals surface area contributed by atoms with E-state index in [9.17, 15) is 0 Å². The van der Waals surface area contributed by atoms with Gasteiger partial charge in [-0.05, 0) is 114 Å². The molecule has 1 N–H and O–H groups in total. The molecule has 0 unspecified atom stereocenters. The predicted octanol–water partition coefficient (Wildman–Crippen LogP) is 17.0. The summed E-state index contributed by atoms with van der Waals surface area (Å²) in [6, 6.07) is 81.3. The van der Waals surface area contributed by atoms with E-state index in [1.54, 1.807) is 0 Å². The van der Waals surface area contributed by atoms with Gasteiger partial charge in [0.15, 0.2) is 0 Å². The Bertz CT molecular complexity index is 3630. The zero-order valence-electron chi connectivity index (χ0n) is 35.7. The first kappa shape index (κ1) is 37.1. The summed E-state index contributed by atoms with van der Waals surface area (Å²) >= 11 is 1.91. The van der Waals surface area contributed by atoms with Gasteiger partial charge in [0.1, 0.15) is 0 Å². The molecule has 1 heterocycles. The van der Waals surface area contributed by atoms with Crippen LogP contribution in [0.5, 0.6) is 0 Å². The number of fused-ring (bicyclic) bond motifs is 11. The third-order valence-corrected chi connectivity index (χ3v) is 15.6. The summed E-state index contributed by atoms with van der Waals surface area (Å²) in [5.74, 6) is 0. The molecule has 0 fully saturated rings. The molecule has 302 valence electrons. The van der Waals surface area contributed by atoms with Crippen LogP contribution in [-0.2, 0) is 10.8 Å². The molecule has 1 aromatic heterocycles. The van der Waals surface area contributed by atoms with E-state index >= 15 is 0 Å². The fourth-order valence-electron chi connectivity index (χ4n) is 11.5. The van der Waals surface area contributed by atoms with Crippen LogP contribution in [0.4, 0.5) is 11.4 Å². The molecular formula is C62H43NS. The molecule has 0 bridgehead atoms. The van der Waals surface area contributed by atoms with Gasteiger partial charge in [-0.25, -0.2) is 0 Å². The Balaban J connectivity index is 0.985. The van der Waals surface area contributed by atoms with Gasteiger partial charge in [-0.15, -0.1) is 11.3 Å². The van der Waals surface area contributed by atoms with Gasteiger partial charge in [0, 0.05) is 47.9 Å². The van der Waals surface area contributed by atoms with Crippen molar-refractivity contribution in [2.24, 2.45) is 0 Å². The quantitative estimate of drug-likeness (QED) is 0.176. The average Bonchev–Trinajstić information content (AvgIpc) is 3.95. The van der Waals surface area contributed by atoms with Crippen molar-refractivity contribution in [3.05, 3.63) is 252 Å². The summed E-state index contributed by atoms with van der Waals surface area (Å²) in [5, 5.41) is 9.16. The maximum absolute atomic E-state index is 3.97. The highest BCUT2D eigenvalue weighted by molar-refractivity contribution is 7.26. The standard InChI is InChI=1S/C62H43NS/c1-61(2)53-28-13-9-22-43(53)45-34-32-39(36-56(45)61)50-38-52-47-25-12-16-31-58(47)64-60(52)59-48(26-17-27-49(50)59)46-24-11-15-30-57(46)63-42-33-35-55-51(37-42)44-23-10-14-29-54(44)62(55,40-18-5-3-6-19-40)41-20-7-4-8-21-41/h3-38,63H,1-2H3. The number of rotatable bonds is 6. The smallest absolute Gasteiger partial charge is 0.0713 e. The molecule has 0 amide bonds. The maximum Gasteiger partial charge on any atom is 0.0713 e. The third kappa shape index (κ3) is 5.24. The van der Waals surface area contributed by atoms with E-state index in [4.69, 9.17) is 0 Å². The minimum Gasteiger partial charge on any atom is -0.355 e. The lowest BCUT2D eigenvalue weighted by molar-refractivity contribution is 0.660. The van der Waals surface area contributed by atoms with Crippen LogP contribution in [0.3, 0.4) is 0 Å². The zero-order chi connectivity index (χ0) is 42.6. The second-order valence-corrected chi connectivity index (χ2v) is 19.1. The van der Waals surface area contributed by atoms with Gasteiger partial charge in [0.05, 0.1) is 5.41 Å². The first-order valence-corrected chi connectivity index (χ1v) is 23.2. The molecule has 0 spiro atoms. The van der Waals surface area contributed by atoms with E-state index in [0.29, 0.717) is 0 Å². The van der Waals surface area contributed by atoms with Crippen LogP contribution in [0.15, 0.2) is 218 Å². The van der Waals surface area contributed by atoms with Crippen LogP contribution in [0, 0.1) is 0 Å². The van der Waals surface area contributed by atoms with Crippen molar-refractivity contribution >= 4 is 53.7 Å². The topological polar surface area (TPSA) is 12.0 Å². The van der Waals surface area contributed by atoms with Crippen molar-refractivity contribution in [3.63, 3.8) is 0 Å². The molecule has 2 heteroatoms. The SMILES string of the molecule is CC1(C)c2ccccc2-c2ccc(-c3cc4c5ccccc5sc4c4c(-c5ccccc5Nc5ccc6c(c5)-c5ccccc5C6(c5ccccc5)c5ccccc5)cccc34)cc21. The predicted molar refractivity (Wildman–Crippen MR) is 272 cm³/mol. The maximum atomic E-state index is 3.97. The van der Waals surface area contributed by atoms with E-state index in [1.165, 1.54) is 109 Å². The molecule has 0 saturated carbocycles. The van der Waals surface area contributed by atoms with Crippen LogP contribution in [0.1, 0.15) is 47.2 Å². The van der Waals surface area contributed by atoms with Crippen molar-refractivity contribution < 1.29 is 0 Å². The minimum atomic E-state index is -0.431. The minimum absolute atomic E-state index is 0.0864. The Labute approximate surface area is 378 Å². The highest BCUT2D eigenvalue weighted by atomic mass is 32.1. The van der Waals surface area contributed by atoms with E-state index in [2.05, 4.69) is 238 Å². The molecule has 2 aliphatic rings. The largest absolute Gasteiger partial charge is 0.355 e. The van der Waals surface area contributed by atoms with Crippen LogP contribution in [0.25, 0.3) is 75.5 Å². The van der Waals surface area contributed by atoms with Crippen LogP contribution < -0.4 is 5.32 Å². The van der Waals surface area contributed by atoms with E-state index in [1.807, 2.05) is 11.3 Å². The van der Waals surface area contributed by atoms with Gasteiger partial charge in [-0.2, -0.15) is 0 Å². The molecule has 0 radical (unpaired) electrons. The fourth-order valence-corrected chi connectivity index (χ4v) is 12.7. The number of hydrogen-bond donors (Lipinski definition) is 1. The second kappa shape index (κ2) is 14.0. The van der Waals surface area contributed by atoms with Gasteiger partial charge in [-0.3, -0.25) is 0 Å². The highest BCUT2D eigenvalue weighted by Crippen LogP contribution is 2.57. The van der Waals surface area contributed by atoms with Gasteiger partial charge >= 0.3 is 0 Å². The molecule has 0 atom stereocenters. The molecule has 11 aromatic rings. The van der Waals surface area contributed by atoms with Crippen LogP contribution >= 0.6 is 11.3 Å². The number of hydrogen-bond acceptors (Lipinski definition) is 2. The fraction of sp³-hybridized carbons (Fsp3) is 0.0645. The van der Waals surface area contributed by atoms with Crippen LogP contribution in [0.2, 0.25) is 0 Å². The average molecular weight is 834 g/mol. The molecule has 0 aliphatic heterocycles. The highest BCUT2D eigenvalue weighted by Gasteiger charge is 2.46. The Hall–Kier alpha value is -7.52. The molecule has 13 rings (SSSR count). The van der Waals surface area contributed by atoms with E-state index in [0.717, 1.165) is 11.4 Å². The van der Waals surface area contributed by atoms with Gasteiger partial charge in [-0.1, -0.05) is 196 Å². The molecular weight excluding hydrogens is 791 g/mol. The first-order chi connectivity index (χ1) is 31.5. The molecule has 0 saturated heterocycles. The number of nitrogens with one attached hydrogen (secondary N) is 1. The summed E-state index contributed by atoms with van der Waals surface area (Å²) < 4.78 is 2.63. The van der Waals surface area contributed by atoms with Gasteiger partial charge < -0.3 is 5.32 Å². The normalized spacial score (nSPS) is 14.0. The van der Waals surface area contributed by atoms with E-state index < -0.39 is 5.41 Å². The lowest BCUT2D eigenvalue weighted by Crippen LogP contribution is -2.28. The van der Waals surface area contributed by atoms with Crippen molar-refractivity contribution in [2.45, 2.75) is 24.7 Å². The van der Waals surface area contributed by atoms with Crippen molar-refractivity contribution in [1.29, 1.82) is 0 Å². The van der Waals surface area contributed by atoms with Crippen molar-refractivity contribution in [2.75, 3.05) is 5.32 Å². The summed E-state index contributed by atoms with van der Waals surface area (Å²) in [6.07, 6.45) is 0. The number of anilines is 2. The summed E-state index contributed by atoms with van der Waals surface area (Å²) in [6.45, 7) is 4.75. The Morgan fingerprint density at radius 1 is 0.375 bits per heavy atom. The van der Waals surface area contributed by atoms with Gasteiger partial charge in [0.2, 0.25) is 0 Å². The molecule has 2 aliphatic carbocycles. The molecule has 1 nitrogen and oxygen atoms in total. The Kier molecular flexibility index (Phi) is 8.11. The molecule has 10 aromatic carbocycles. The van der Waals surface area contributed by atoms with Crippen molar-refractivity contribution in [1.82, 2.24) is 0 Å². The number of thiophene rings is 1. The summed E-state index contributed by atoms with van der Waals surface area (Å²) in [5.41, 5.74) is 19.7. The Morgan fingerprint density at radius 2 is 0.969 bits per heavy atom. The molecule has 64 heavy (non-hydrogen) atoms. The van der Waals surface area contributed by atoms with E-state index in [-0.39, 0.29) is 5.41 Å². The monoisotopic (exact) mass is 833 g/mol. The summed E-state index contributed by atoms with van der Waals surface area (Å²) in [4.78, 5) is 0. The zero-order valence-corrected chi connectivity index (χ0v) is 36.5.